The average molecular weight is 351 g/mol. The highest BCUT2D eigenvalue weighted by molar-refractivity contribution is 5.82. The van der Waals surface area contributed by atoms with Gasteiger partial charge < -0.3 is 4.42 Å². The standard InChI is InChI=1S/C21H13N5O/c1-2-7-18-16(5-1)25-21(27-18)15-13-24-20(17-6-3-4-10-23-17)26-19(15)14-8-11-22-12-9-14/h1-13H. The summed E-state index contributed by atoms with van der Waals surface area (Å²) in [6, 6.07) is 17.1. The smallest absolute Gasteiger partial charge is 0.231 e. The zero-order valence-electron chi connectivity index (χ0n) is 14.1. The van der Waals surface area contributed by atoms with E-state index >= 15 is 0 Å². The van der Waals surface area contributed by atoms with Gasteiger partial charge in [-0.15, -0.1) is 0 Å². The molecule has 0 saturated heterocycles. The van der Waals surface area contributed by atoms with Gasteiger partial charge in [-0.3, -0.25) is 9.97 Å². The quantitative estimate of drug-likeness (QED) is 0.479. The summed E-state index contributed by atoms with van der Waals surface area (Å²) < 4.78 is 5.94. The molecule has 0 radical (unpaired) electrons. The molecule has 0 atom stereocenters. The van der Waals surface area contributed by atoms with Crippen LogP contribution < -0.4 is 0 Å². The van der Waals surface area contributed by atoms with Crippen molar-refractivity contribution in [3.63, 3.8) is 0 Å². The average Bonchev–Trinajstić information content (AvgIpc) is 3.19. The maximum absolute atomic E-state index is 5.94. The fraction of sp³-hybridized carbons (Fsp3) is 0. The number of rotatable bonds is 3. The highest BCUT2D eigenvalue weighted by Gasteiger charge is 2.17. The third-order valence-electron chi connectivity index (χ3n) is 4.16. The minimum Gasteiger partial charge on any atom is -0.436 e. The molecule has 0 N–H and O–H groups in total. The van der Waals surface area contributed by atoms with Gasteiger partial charge in [0, 0.05) is 30.4 Å². The van der Waals surface area contributed by atoms with Gasteiger partial charge in [-0.1, -0.05) is 18.2 Å². The van der Waals surface area contributed by atoms with Gasteiger partial charge in [-0.2, -0.15) is 0 Å². The summed E-state index contributed by atoms with van der Waals surface area (Å²) in [4.78, 5) is 22.3. The predicted octanol–water partition coefficient (Wildman–Crippen LogP) is 4.41. The van der Waals surface area contributed by atoms with Crippen molar-refractivity contribution in [2.75, 3.05) is 0 Å². The monoisotopic (exact) mass is 351 g/mol. The third kappa shape index (κ3) is 2.83. The molecule has 0 spiro atoms. The first kappa shape index (κ1) is 15.3. The van der Waals surface area contributed by atoms with Gasteiger partial charge in [0.2, 0.25) is 5.89 Å². The zero-order chi connectivity index (χ0) is 18.1. The Morgan fingerprint density at radius 2 is 1.59 bits per heavy atom. The lowest BCUT2D eigenvalue weighted by molar-refractivity contribution is 0.619. The van der Waals surface area contributed by atoms with Crippen LogP contribution in [-0.2, 0) is 0 Å². The number of benzene rings is 1. The molecule has 0 amide bonds. The molecular formula is C21H13N5O. The SMILES string of the molecule is c1ccc(-c2ncc(-c3nc4ccccc4o3)c(-c3ccncc3)n2)nc1. The molecule has 6 nitrogen and oxygen atoms in total. The topological polar surface area (TPSA) is 77.6 Å². The van der Waals surface area contributed by atoms with E-state index < -0.39 is 0 Å². The number of fused-ring (bicyclic) bond motifs is 1. The Morgan fingerprint density at radius 1 is 0.741 bits per heavy atom. The van der Waals surface area contributed by atoms with Crippen LogP contribution in [0, 0.1) is 0 Å². The molecule has 4 heterocycles. The maximum atomic E-state index is 5.94. The zero-order valence-corrected chi connectivity index (χ0v) is 14.1. The Labute approximate surface area is 154 Å². The van der Waals surface area contributed by atoms with Crippen molar-refractivity contribution in [3.05, 3.63) is 79.4 Å². The van der Waals surface area contributed by atoms with E-state index in [9.17, 15) is 0 Å². The molecule has 0 unspecified atom stereocenters. The number of nitrogens with zero attached hydrogens (tertiary/aromatic N) is 5. The summed E-state index contributed by atoms with van der Waals surface area (Å²) in [5, 5.41) is 0. The third-order valence-corrected chi connectivity index (χ3v) is 4.16. The van der Waals surface area contributed by atoms with Crippen LogP contribution in [0.4, 0.5) is 0 Å². The van der Waals surface area contributed by atoms with Gasteiger partial charge in [-0.25, -0.2) is 15.0 Å². The first-order valence-electron chi connectivity index (χ1n) is 8.43. The molecular weight excluding hydrogens is 338 g/mol. The maximum Gasteiger partial charge on any atom is 0.231 e. The second-order valence-corrected chi connectivity index (χ2v) is 5.89. The summed E-state index contributed by atoms with van der Waals surface area (Å²) in [5.41, 5.74) is 4.57. The first-order chi connectivity index (χ1) is 13.4. The molecule has 0 fully saturated rings. The van der Waals surface area contributed by atoms with E-state index in [1.165, 1.54) is 0 Å². The highest BCUT2D eigenvalue weighted by atomic mass is 16.3. The van der Waals surface area contributed by atoms with Crippen molar-refractivity contribution < 1.29 is 4.42 Å². The molecule has 128 valence electrons. The van der Waals surface area contributed by atoms with Crippen molar-refractivity contribution >= 4 is 11.1 Å². The van der Waals surface area contributed by atoms with Crippen molar-refractivity contribution in [1.82, 2.24) is 24.9 Å². The lowest BCUT2D eigenvalue weighted by Gasteiger charge is -2.08. The van der Waals surface area contributed by atoms with Gasteiger partial charge in [-0.05, 0) is 36.4 Å². The summed E-state index contributed by atoms with van der Waals surface area (Å²) in [6.45, 7) is 0. The van der Waals surface area contributed by atoms with Crippen molar-refractivity contribution in [2.24, 2.45) is 0 Å². The van der Waals surface area contributed by atoms with Crippen molar-refractivity contribution in [3.8, 4) is 34.2 Å². The molecule has 5 aromatic rings. The Morgan fingerprint density at radius 3 is 2.41 bits per heavy atom. The van der Waals surface area contributed by atoms with Gasteiger partial charge in [0.1, 0.15) is 11.2 Å². The molecule has 4 aromatic heterocycles. The summed E-state index contributed by atoms with van der Waals surface area (Å²) in [7, 11) is 0. The number of aromatic nitrogens is 5. The number of oxazole rings is 1. The van der Waals surface area contributed by atoms with Crippen LogP contribution in [0.2, 0.25) is 0 Å². The van der Waals surface area contributed by atoms with E-state index in [4.69, 9.17) is 9.40 Å². The Balaban J connectivity index is 1.73. The molecule has 0 aliphatic rings. The van der Waals surface area contributed by atoms with Gasteiger partial charge in [0.15, 0.2) is 11.4 Å². The molecule has 0 aliphatic carbocycles. The van der Waals surface area contributed by atoms with E-state index in [0.29, 0.717) is 17.4 Å². The van der Waals surface area contributed by atoms with Crippen LogP contribution in [0.15, 0.2) is 83.8 Å². The van der Waals surface area contributed by atoms with Crippen LogP contribution in [0.1, 0.15) is 0 Å². The van der Waals surface area contributed by atoms with Crippen LogP contribution in [-0.4, -0.2) is 24.9 Å². The summed E-state index contributed by atoms with van der Waals surface area (Å²) >= 11 is 0. The lowest BCUT2D eigenvalue weighted by Crippen LogP contribution is -1.97. The molecule has 6 heteroatoms. The number of hydrogen-bond donors (Lipinski definition) is 0. The minimum absolute atomic E-state index is 0.482. The summed E-state index contributed by atoms with van der Waals surface area (Å²) in [6.07, 6.45) is 6.92. The molecule has 0 aliphatic heterocycles. The van der Waals surface area contributed by atoms with E-state index in [0.717, 1.165) is 27.9 Å². The molecule has 0 saturated carbocycles. The minimum atomic E-state index is 0.482. The fourth-order valence-electron chi connectivity index (χ4n) is 2.87. The summed E-state index contributed by atoms with van der Waals surface area (Å²) in [5.74, 6) is 1.03. The van der Waals surface area contributed by atoms with Gasteiger partial charge in [0.05, 0.1) is 11.3 Å². The largest absolute Gasteiger partial charge is 0.436 e. The number of hydrogen-bond acceptors (Lipinski definition) is 6. The van der Waals surface area contributed by atoms with E-state index in [1.807, 2.05) is 54.6 Å². The second-order valence-electron chi connectivity index (χ2n) is 5.89. The van der Waals surface area contributed by atoms with E-state index in [1.54, 1.807) is 24.8 Å². The van der Waals surface area contributed by atoms with Gasteiger partial charge >= 0.3 is 0 Å². The Bertz CT molecular complexity index is 1190. The van der Waals surface area contributed by atoms with Crippen LogP contribution >= 0.6 is 0 Å². The predicted molar refractivity (Wildman–Crippen MR) is 101 cm³/mol. The van der Waals surface area contributed by atoms with Crippen molar-refractivity contribution in [1.29, 1.82) is 0 Å². The van der Waals surface area contributed by atoms with E-state index in [2.05, 4.69) is 19.9 Å². The normalized spacial score (nSPS) is 11.0. The Kier molecular flexibility index (Phi) is 3.65. The molecule has 0 bridgehead atoms. The highest BCUT2D eigenvalue weighted by Crippen LogP contribution is 2.32. The first-order valence-corrected chi connectivity index (χ1v) is 8.43. The van der Waals surface area contributed by atoms with Crippen molar-refractivity contribution in [2.45, 2.75) is 0 Å². The van der Waals surface area contributed by atoms with Crippen LogP contribution in [0.5, 0.6) is 0 Å². The Hall–Kier alpha value is -3.93. The van der Waals surface area contributed by atoms with Crippen LogP contribution in [0.25, 0.3) is 45.3 Å². The second kappa shape index (κ2) is 6.42. The van der Waals surface area contributed by atoms with E-state index in [-0.39, 0.29) is 0 Å². The number of para-hydroxylation sites is 2. The molecule has 27 heavy (non-hydrogen) atoms. The fourth-order valence-corrected chi connectivity index (χ4v) is 2.87. The van der Waals surface area contributed by atoms with Crippen LogP contribution in [0.3, 0.4) is 0 Å². The molecule has 5 rings (SSSR count). The lowest BCUT2D eigenvalue weighted by atomic mass is 10.1. The molecule has 1 aromatic carbocycles. The number of pyridine rings is 2. The van der Waals surface area contributed by atoms with Gasteiger partial charge in [0.25, 0.3) is 0 Å².